The van der Waals surface area contributed by atoms with Crippen molar-refractivity contribution in [3.8, 4) is 5.75 Å². The lowest BCUT2D eigenvalue weighted by molar-refractivity contribution is -0.150. The minimum Gasteiger partial charge on any atom is -0.477 e. The van der Waals surface area contributed by atoms with E-state index in [9.17, 15) is 4.79 Å². The second kappa shape index (κ2) is 7.00. The third-order valence-corrected chi connectivity index (χ3v) is 3.40. The van der Waals surface area contributed by atoms with E-state index >= 15 is 0 Å². The molecule has 1 aromatic carbocycles. The van der Waals surface area contributed by atoms with Crippen LogP contribution in [0.4, 0.5) is 0 Å². The normalized spacial score (nSPS) is 12.3. The summed E-state index contributed by atoms with van der Waals surface area (Å²) in [7, 11) is 1.34. The van der Waals surface area contributed by atoms with Crippen LogP contribution in [-0.2, 0) is 14.9 Å². The molecule has 1 unspecified atom stereocenters. The Bertz CT molecular complexity index is 421. The van der Waals surface area contributed by atoms with Gasteiger partial charge < -0.3 is 9.47 Å². The summed E-state index contributed by atoms with van der Waals surface area (Å²) in [5.41, 5.74) is 1.03. The zero-order valence-corrected chi connectivity index (χ0v) is 12.9. The van der Waals surface area contributed by atoms with Gasteiger partial charge in [-0.15, -0.1) is 0 Å². The number of benzene rings is 1. The lowest BCUT2D eigenvalue weighted by Gasteiger charge is -2.21. The molecule has 0 aliphatic rings. The summed E-state index contributed by atoms with van der Waals surface area (Å²) in [5.74, 6) is 0.101. The molecule has 0 N–H and O–H groups in total. The maximum Gasteiger partial charge on any atom is 0.347 e. The van der Waals surface area contributed by atoms with E-state index in [1.165, 1.54) is 7.11 Å². The molecule has 0 aliphatic carbocycles. The molecule has 0 radical (unpaired) electrons. The summed E-state index contributed by atoms with van der Waals surface area (Å²) in [6.07, 6.45) is -0.655. The van der Waals surface area contributed by atoms with Crippen LogP contribution in [0.3, 0.4) is 0 Å². The summed E-state index contributed by atoms with van der Waals surface area (Å²) in [4.78, 5) is 11.6. The predicted molar refractivity (Wildman–Crippen MR) is 75.4 cm³/mol. The molecule has 5 heteroatoms. The van der Waals surface area contributed by atoms with Crippen molar-refractivity contribution < 1.29 is 14.3 Å². The zero-order valence-electron chi connectivity index (χ0n) is 10.6. The Balaban J connectivity index is 2.96. The Morgan fingerprint density at radius 3 is 2.61 bits per heavy atom. The van der Waals surface area contributed by atoms with Gasteiger partial charge in [-0.1, -0.05) is 47.4 Å². The minimum atomic E-state index is -0.655. The molecule has 0 saturated heterocycles. The average molecular weight is 336 g/mol. The van der Waals surface area contributed by atoms with E-state index in [1.807, 2.05) is 26.0 Å². The topological polar surface area (TPSA) is 35.5 Å². The van der Waals surface area contributed by atoms with Crippen molar-refractivity contribution in [2.24, 2.45) is 5.92 Å². The van der Waals surface area contributed by atoms with Gasteiger partial charge in [-0.25, -0.2) is 4.79 Å². The number of esters is 1. The van der Waals surface area contributed by atoms with Gasteiger partial charge in [0.2, 0.25) is 0 Å². The smallest absolute Gasteiger partial charge is 0.347 e. The van der Waals surface area contributed by atoms with Crippen molar-refractivity contribution in [2.45, 2.75) is 25.3 Å². The second-order valence-electron chi connectivity index (χ2n) is 4.20. The van der Waals surface area contributed by atoms with Crippen molar-refractivity contribution in [1.29, 1.82) is 0 Å². The predicted octanol–water partition coefficient (Wildman–Crippen LogP) is 3.81. The van der Waals surface area contributed by atoms with Gasteiger partial charge in [-0.2, -0.15) is 0 Å². The highest BCUT2D eigenvalue weighted by atomic mass is 79.9. The first-order chi connectivity index (χ1) is 8.49. The molecule has 1 aromatic rings. The Labute approximate surface area is 121 Å². The first-order valence-corrected chi connectivity index (χ1v) is 7.08. The summed E-state index contributed by atoms with van der Waals surface area (Å²) in [5, 5.41) is 1.18. The van der Waals surface area contributed by atoms with Crippen LogP contribution in [0.15, 0.2) is 18.2 Å². The third kappa shape index (κ3) is 3.89. The van der Waals surface area contributed by atoms with Gasteiger partial charge in [0.15, 0.2) is 6.10 Å². The molecule has 0 spiro atoms. The van der Waals surface area contributed by atoms with Gasteiger partial charge in [-0.05, 0) is 17.7 Å². The first kappa shape index (κ1) is 15.3. The Morgan fingerprint density at radius 1 is 1.44 bits per heavy atom. The summed E-state index contributed by atoms with van der Waals surface area (Å²) in [6, 6.07) is 5.46. The molecule has 100 valence electrons. The quantitative estimate of drug-likeness (QED) is 0.606. The maximum absolute atomic E-state index is 11.6. The van der Waals surface area contributed by atoms with E-state index in [0.717, 1.165) is 5.56 Å². The molecule has 0 bridgehead atoms. The summed E-state index contributed by atoms with van der Waals surface area (Å²) < 4.78 is 10.4. The van der Waals surface area contributed by atoms with Crippen LogP contribution in [0.25, 0.3) is 0 Å². The fourth-order valence-corrected chi connectivity index (χ4v) is 1.94. The molecular weight excluding hydrogens is 319 g/mol. The van der Waals surface area contributed by atoms with Gasteiger partial charge in [-0.3, -0.25) is 0 Å². The number of ether oxygens (including phenoxy) is 2. The lowest BCUT2D eigenvalue weighted by atomic mass is 10.1. The summed E-state index contributed by atoms with van der Waals surface area (Å²) >= 11 is 9.42. The molecule has 0 heterocycles. The lowest BCUT2D eigenvalue weighted by Crippen LogP contribution is -2.33. The number of alkyl halides is 1. The zero-order chi connectivity index (χ0) is 13.7. The van der Waals surface area contributed by atoms with Crippen LogP contribution < -0.4 is 4.74 Å². The van der Waals surface area contributed by atoms with Crippen LogP contribution in [0, 0.1) is 5.92 Å². The van der Waals surface area contributed by atoms with E-state index in [2.05, 4.69) is 15.9 Å². The number of halogens is 2. The van der Waals surface area contributed by atoms with Gasteiger partial charge >= 0.3 is 5.97 Å². The SMILES string of the molecule is COC(=O)C(Oc1cc(CBr)ccc1Cl)C(C)C. The highest BCUT2D eigenvalue weighted by molar-refractivity contribution is 9.08. The number of methoxy groups -OCH3 is 1. The number of rotatable bonds is 5. The molecule has 3 nitrogen and oxygen atoms in total. The standard InChI is InChI=1S/C13H16BrClO3/c1-8(2)12(13(16)17-3)18-11-6-9(7-14)4-5-10(11)15/h4-6,8,12H,7H2,1-3H3. The highest BCUT2D eigenvalue weighted by Gasteiger charge is 2.25. The van der Waals surface area contributed by atoms with E-state index in [4.69, 9.17) is 21.1 Å². The monoisotopic (exact) mass is 334 g/mol. The molecule has 0 aliphatic heterocycles. The van der Waals surface area contributed by atoms with Crippen molar-refractivity contribution >= 4 is 33.5 Å². The van der Waals surface area contributed by atoms with Gasteiger partial charge in [0.05, 0.1) is 12.1 Å². The third-order valence-electron chi connectivity index (χ3n) is 2.44. The van der Waals surface area contributed by atoms with Crippen LogP contribution in [0.2, 0.25) is 5.02 Å². The fourth-order valence-electron chi connectivity index (χ4n) is 1.43. The van der Waals surface area contributed by atoms with Gasteiger partial charge in [0.1, 0.15) is 5.75 Å². The van der Waals surface area contributed by atoms with E-state index in [1.54, 1.807) is 6.07 Å². The largest absolute Gasteiger partial charge is 0.477 e. The average Bonchev–Trinajstić information content (AvgIpc) is 2.36. The Kier molecular flexibility index (Phi) is 5.96. The molecule has 18 heavy (non-hydrogen) atoms. The fraction of sp³-hybridized carbons (Fsp3) is 0.462. The molecule has 0 fully saturated rings. The van der Waals surface area contributed by atoms with Crippen LogP contribution in [-0.4, -0.2) is 19.2 Å². The molecule has 0 saturated carbocycles. The maximum atomic E-state index is 11.6. The molecule has 1 rings (SSSR count). The Hall–Kier alpha value is -0.740. The van der Waals surface area contributed by atoms with Crippen molar-refractivity contribution in [1.82, 2.24) is 0 Å². The van der Waals surface area contributed by atoms with E-state index in [0.29, 0.717) is 16.1 Å². The number of hydrogen-bond donors (Lipinski definition) is 0. The molecule has 0 amide bonds. The molecular formula is C13H16BrClO3. The van der Waals surface area contributed by atoms with Crippen molar-refractivity contribution in [3.05, 3.63) is 28.8 Å². The summed E-state index contributed by atoms with van der Waals surface area (Å²) in [6.45, 7) is 3.79. The highest BCUT2D eigenvalue weighted by Crippen LogP contribution is 2.28. The van der Waals surface area contributed by atoms with Crippen molar-refractivity contribution in [2.75, 3.05) is 7.11 Å². The number of carbonyl (C=O) groups excluding carboxylic acids is 1. The van der Waals surface area contributed by atoms with Crippen LogP contribution >= 0.6 is 27.5 Å². The Morgan fingerprint density at radius 2 is 2.11 bits per heavy atom. The number of hydrogen-bond acceptors (Lipinski definition) is 3. The minimum absolute atomic E-state index is 0.00106. The van der Waals surface area contributed by atoms with Crippen LogP contribution in [0.5, 0.6) is 5.75 Å². The van der Waals surface area contributed by atoms with E-state index < -0.39 is 12.1 Å². The number of carbonyl (C=O) groups is 1. The first-order valence-electron chi connectivity index (χ1n) is 5.58. The van der Waals surface area contributed by atoms with Crippen molar-refractivity contribution in [3.63, 3.8) is 0 Å². The van der Waals surface area contributed by atoms with Gasteiger partial charge in [0, 0.05) is 11.2 Å². The van der Waals surface area contributed by atoms with E-state index in [-0.39, 0.29) is 5.92 Å². The second-order valence-corrected chi connectivity index (χ2v) is 5.17. The van der Waals surface area contributed by atoms with Crippen LogP contribution in [0.1, 0.15) is 19.4 Å². The van der Waals surface area contributed by atoms with Gasteiger partial charge in [0.25, 0.3) is 0 Å². The molecule has 0 aromatic heterocycles. The molecule has 1 atom stereocenters.